The molecular formula is C27H32N4O4. The minimum absolute atomic E-state index is 0.0973. The maximum atomic E-state index is 13.4. The van der Waals surface area contributed by atoms with E-state index in [0.717, 1.165) is 24.0 Å². The van der Waals surface area contributed by atoms with Gasteiger partial charge in [-0.15, -0.1) is 0 Å². The molecule has 0 radical (unpaired) electrons. The highest BCUT2D eigenvalue weighted by Crippen LogP contribution is 2.35. The summed E-state index contributed by atoms with van der Waals surface area (Å²) < 4.78 is 5.29. The molecule has 0 bridgehead atoms. The van der Waals surface area contributed by atoms with Gasteiger partial charge in [0.2, 0.25) is 5.95 Å². The number of hydrogen-bond donors (Lipinski definition) is 2. The fraction of sp³-hybridized carbons (Fsp3) is 0.370. The largest absolute Gasteiger partial charge is 0.496 e. The van der Waals surface area contributed by atoms with Crippen molar-refractivity contribution in [1.82, 2.24) is 14.9 Å². The number of amides is 1. The monoisotopic (exact) mass is 476 g/mol. The fourth-order valence-corrected chi connectivity index (χ4v) is 4.63. The van der Waals surface area contributed by atoms with Crippen LogP contribution >= 0.6 is 0 Å². The average Bonchev–Trinajstić information content (AvgIpc) is 2.92. The lowest BCUT2D eigenvalue weighted by atomic mass is 9.85. The molecule has 0 saturated carbocycles. The minimum atomic E-state index is -1.11. The van der Waals surface area contributed by atoms with Crippen LogP contribution in [-0.2, 0) is 0 Å². The van der Waals surface area contributed by atoms with Gasteiger partial charge in [-0.2, -0.15) is 0 Å². The molecular weight excluding hydrogens is 444 g/mol. The predicted molar refractivity (Wildman–Crippen MR) is 135 cm³/mol. The molecule has 1 unspecified atom stereocenters. The van der Waals surface area contributed by atoms with E-state index in [1.54, 1.807) is 18.2 Å². The van der Waals surface area contributed by atoms with Crippen molar-refractivity contribution in [2.24, 2.45) is 0 Å². The lowest BCUT2D eigenvalue weighted by Crippen LogP contribution is -2.39. The van der Waals surface area contributed by atoms with Crippen LogP contribution in [0.25, 0.3) is 11.1 Å². The van der Waals surface area contributed by atoms with Crippen molar-refractivity contribution in [2.75, 3.05) is 45.8 Å². The lowest BCUT2D eigenvalue weighted by Gasteiger charge is -2.34. The summed E-state index contributed by atoms with van der Waals surface area (Å²) in [7, 11) is 5.32. The van der Waals surface area contributed by atoms with Gasteiger partial charge < -0.3 is 24.7 Å². The summed E-state index contributed by atoms with van der Waals surface area (Å²) in [5.41, 5.74) is 4.08. The molecule has 8 heteroatoms. The van der Waals surface area contributed by atoms with Crippen LogP contribution in [0, 0.1) is 0 Å². The third-order valence-corrected chi connectivity index (χ3v) is 6.47. The highest BCUT2D eigenvalue weighted by molar-refractivity contribution is 5.94. The molecule has 1 amide bonds. The van der Waals surface area contributed by atoms with E-state index in [-0.39, 0.29) is 11.8 Å². The summed E-state index contributed by atoms with van der Waals surface area (Å²) >= 11 is 0. The number of benzene rings is 2. The number of ether oxygens (including phenoxy) is 1. The number of piperidine rings is 1. The number of aliphatic hydroxyl groups excluding tert-OH is 2. The van der Waals surface area contributed by atoms with Gasteiger partial charge in [-0.1, -0.05) is 24.3 Å². The number of carbonyl (C=O) groups is 1. The van der Waals surface area contributed by atoms with Gasteiger partial charge in [0.25, 0.3) is 5.91 Å². The Kier molecular flexibility index (Phi) is 7.63. The second-order valence-corrected chi connectivity index (χ2v) is 9.00. The Labute approximate surface area is 205 Å². The van der Waals surface area contributed by atoms with Gasteiger partial charge in [0.05, 0.1) is 13.7 Å². The molecule has 1 aromatic heterocycles. The highest BCUT2D eigenvalue weighted by atomic mass is 16.5. The van der Waals surface area contributed by atoms with Gasteiger partial charge >= 0.3 is 0 Å². The third-order valence-electron chi connectivity index (χ3n) is 6.47. The summed E-state index contributed by atoms with van der Waals surface area (Å²) in [6, 6.07) is 13.2. The molecule has 1 fully saturated rings. The standard InChI is InChI=1S/C27H32N4O4/c1-30(2)27-28-14-20(15-29-27)22-9-5-4-8-21(22)19-7-6-12-31(16-19)26(34)18-10-11-25(35-3)23(13-18)24(33)17-32/h4-5,8-11,13-15,19,24,32-33H,6-7,12,16-17H2,1-3H3/t19?,24-/m0/s1. The van der Waals surface area contributed by atoms with E-state index in [1.165, 1.54) is 12.7 Å². The summed E-state index contributed by atoms with van der Waals surface area (Å²) in [6.07, 6.45) is 4.45. The molecule has 0 spiro atoms. The maximum Gasteiger partial charge on any atom is 0.253 e. The second kappa shape index (κ2) is 10.8. The summed E-state index contributed by atoms with van der Waals surface area (Å²) in [6.45, 7) is 0.814. The van der Waals surface area contributed by atoms with Crippen LogP contribution in [0.5, 0.6) is 5.75 Å². The number of likely N-dealkylation sites (tertiary alicyclic amines) is 1. The van der Waals surface area contributed by atoms with E-state index >= 15 is 0 Å². The van der Waals surface area contributed by atoms with Crippen molar-refractivity contribution in [1.29, 1.82) is 0 Å². The van der Waals surface area contributed by atoms with Crippen molar-refractivity contribution < 1.29 is 19.7 Å². The molecule has 2 N–H and O–H groups in total. The number of rotatable bonds is 7. The molecule has 2 atom stereocenters. The smallest absolute Gasteiger partial charge is 0.253 e. The lowest BCUT2D eigenvalue weighted by molar-refractivity contribution is 0.0705. The summed E-state index contributed by atoms with van der Waals surface area (Å²) in [5.74, 6) is 1.18. The zero-order valence-electron chi connectivity index (χ0n) is 20.4. The van der Waals surface area contributed by atoms with E-state index < -0.39 is 12.7 Å². The first-order valence-corrected chi connectivity index (χ1v) is 11.8. The second-order valence-electron chi connectivity index (χ2n) is 9.00. The molecule has 8 nitrogen and oxygen atoms in total. The van der Waals surface area contributed by atoms with Crippen molar-refractivity contribution in [3.63, 3.8) is 0 Å². The number of methoxy groups -OCH3 is 1. The molecule has 1 aliphatic rings. The average molecular weight is 477 g/mol. The molecule has 1 saturated heterocycles. The molecule has 2 heterocycles. The Morgan fingerprint density at radius 2 is 1.94 bits per heavy atom. The van der Waals surface area contributed by atoms with Crippen LogP contribution in [0.4, 0.5) is 5.95 Å². The summed E-state index contributed by atoms with van der Waals surface area (Å²) in [5, 5.41) is 19.6. The molecule has 0 aliphatic carbocycles. The number of anilines is 1. The Morgan fingerprint density at radius 1 is 1.20 bits per heavy atom. The molecule has 4 rings (SSSR count). The number of hydrogen-bond acceptors (Lipinski definition) is 7. The van der Waals surface area contributed by atoms with Crippen LogP contribution in [-0.4, -0.2) is 71.9 Å². The molecule has 1 aliphatic heterocycles. The Bertz CT molecular complexity index is 1170. The van der Waals surface area contributed by atoms with E-state index in [1.807, 2.05) is 48.4 Å². The summed E-state index contributed by atoms with van der Waals surface area (Å²) in [4.78, 5) is 26.1. The zero-order chi connectivity index (χ0) is 24.9. The van der Waals surface area contributed by atoms with E-state index in [4.69, 9.17) is 4.74 Å². The van der Waals surface area contributed by atoms with E-state index in [9.17, 15) is 15.0 Å². The first-order chi connectivity index (χ1) is 16.9. The number of aromatic nitrogens is 2. The van der Waals surface area contributed by atoms with Gasteiger partial charge in [-0.25, -0.2) is 9.97 Å². The Morgan fingerprint density at radius 3 is 2.63 bits per heavy atom. The van der Waals surface area contributed by atoms with Crippen LogP contribution in [0.3, 0.4) is 0 Å². The van der Waals surface area contributed by atoms with Crippen LogP contribution < -0.4 is 9.64 Å². The van der Waals surface area contributed by atoms with Crippen LogP contribution in [0.15, 0.2) is 54.9 Å². The molecule has 2 aromatic carbocycles. The fourth-order valence-electron chi connectivity index (χ4n) is 4.63. The Balaban J connectivity index is 1.58. The van der Waals surface area contributed by atoms with E-state index in [2.05, 4.69) is 22.1 Å². The number of carbonyl (C=O) groups excluding carboxylic acids is 1. The molecule has 3 aromatic rings. The normalized spacial score (nSPS) is 16.6. The first-order valence-electron chi connectivity index (χ1n) is 11.8. The topological polar surface area (TPSA) is 99.0 Å². The molecule has 184 valence electrons. The van der Waals surface area contributed by atoms with Crippen molar-refractivity contribution >= 4 is 11.9 Å². The minimum Gasteiger partial charge on any atom is -0.496 e. The third kappa shape index (κ3) is 5.28. The number of nitrogens with zero attached hydrogens (tertiary/aromatic N) is 4. The SMILES string of the molecule is COc1ccc(C(=O)N2CCCC(c3ccccc3-c3cnc(N(C)C)nc3)C2)cc1[C@@H](O)CO. The Hall–Kier alpha value is -3.49. The highest BCUT2D eigenvalue weighted by Gasteiger charge is 2.28. The van der Waals surface area contributed by atoms with E-state index in [0.29, 0.717) is 35.9 Å². The van der Waals surface area contributed by atoms with Gasteiger partial charge in [-0.05, 0) is 42.2 Å². The van der Waals surface area contributed by atoms with Crippen LogP contribution in [0.2, 0.25) is 0 Å². The van der Waals surface area contributed by atoms with Gasteiger partial charge in [0.1, 0.15) is 11.9 Å². The van der Waals surface area contributed by atoms with Crippen molar-refractivity contribution in [2.45, 2.75) is 24.9 Å². The van der Waals surface area contributed by atoms with Gasteiger partial charge in [-0.3, -0.25) is 4.79 Å². The maximum absolute atomic E-state index is 13.4. The number of aliphatic hydroxyl groups is 2. The van der Waals surface area contributed by atoms with Crippen LogP contribution in [0.1, 0.15) is 46.3 Å². The first kappa shape index (κ1) is 24.6. The van der Waals surface area contributed by atoms with Gasteiger partial charge in [0, 0.05) is 62.2 Å². The zero-order valence-corrected chi connectivity index (χ0v) is 20.4. The van der Waals surface area contributed by atoms with Crippen molar-refractivity contribution in [3.05, 3.63) is 71.5 Å². The predicted octanol–water partition coefficient (Wildman–Crippen LogP) is 3.26. The quantitative estimate of drug-likeness (QED) is 0.540. The molecule has 35 heavy (non-hydrogen) atoms. The van der Waals surface area contributed by atoms with Gasteiger partial charge in [0.15, 0.2) is 0 Å². The van der Waals surface area contributed by atoms with Crippen molar-refractivity contribution in [3.8, 4) is 16.9 Å².